The smallest absolute Gasteiger partial charge is 0.193 e. The monoisotopic (exact) mass is 230 g/mol. The van der Waals surface area contributed by atoms with Gasteiger partial charge in [-0.05, 0) is 19.9 Å². The Morgan fingerprint density at radius 1 is 1.50 bits per heavy atom. The van der Waals surface area contributed by atoms with Gasteiger partial charge in [0.15, 0.2) is 6.30 Å². The van der Waals surface area contributed by atoms with E-state index in [0.717, 1.165) is 6.42 Å². The summed E-state index contributed by atoms with van der Waals surface area (Å²) in [5, 5.41) is 2.91. The van der Waals surface area contributed by atoms with Crippen molar-refractivity contribution in [1.29, 1.82) is 0 Å². The molecule has 0 rings (SSSR count). The van der Waals surface area contributed by atoms with Crippen molar-refractivity contribution in [3.05, 3.63) is 0 Å². The first-order valence-electron chi connectivity index (χ1n) is 5.93. The Kier molecular flexibility index (Phi) is 9.00. The van der Waals surface area contributed by atoms with Gasteiger partial charge < -0.3 is 5.32 Å². The molecular formula is C12H23FN2O. The van der Waals surface area contributed by atoms with E-state index in [-0.39, 0.29) is 11.7 Å². The van der Waals surface area contributed by atoms with Crippen LogP contribution in [0, 0.1) is 5.92 Å². The quantitative estimate of drug-likeness (QED) is 0.488. The molecule has 0 amide bonds. The fourth-order valence-corrected chi connectivity index (χ4v) is 1.37. The van der Waals surface area contributed by atoms with Crippen LogP contribution in [0.3, 0.4) is 0 Å². The van der Waals surface area contributed by atoms with Crippen LogP contribution in [-0.2, 0) is 4.79 Å². The normalized spacial score (nSPS) is 15.2. The first-order chi connectivity index (χ1) is 7.61. The maximum Gasteiger partial charge on any atom is 0.193 e. The Balaban J connectivity index is 3.70. The Bertz CT molecular complexity index is 219. The summed E-state index contributed by atoms with van der Waals surface area (Å²) in [4.78, 5) is 14.9. The SMILES string of the molecule is CCCC(=O)CC/C=N\[C@H](F)C(C)CNC. The van der Waals surface area contributed by atoms with Gasteiger partial charge in [0.05, 0.1) is 0 Å². The molecule has 0 aliphatic rings. The van der Waals surface area contributed by atoms with Crippen molar-refractivity contribution in [2.45, 2.75) is 45.8 Å². The summed E-state index contributed by atoms with van der Waals surface area (Å²) in [6.07, 6.45) is 2.87. The Morgan fingerprint density at radius 3 is 2.75 bits per heavy atom. The number of hydrogen-bond acceptors (Lipinski definition) is 3. The number of carbonyl (C=O) groups excluding carboxylic acids is 1. The molecule has 0 spiro atoms. The lowest BCUT2D eigenvalue weighted by molar-refractivity contribution is -0.118. The van der Waals surface area contributed by atoms with E-state index in [4.69, 9.17) is 0 Å². The van der Waals surface area contributed by atoms with Crippen LogP contribution < -0.4 is 5.32 Å². The van der Waals surface area contributed by atoms with Gasteiger partial charge in [0.1, 0.15) is 5.78 Å². The molecule has 1 unspecified atom stereocenters. The average molecular weight is 230 g/mol. The van der Waals surface area contributed by atoms with Crippen molar-refractivity contribution in [2.75, 3.05) is 13.6 Å². The number of alkyl halides is 1. The molecule has 0 aromatic carbocycles. The molecule has 0 aliphatic heterocycles. The molecular weight excluding hydrogens is 207 g/mol. The summed E-state index contributed by atoms with van der Waals surface area (Å²) >= 11 is 0. The van der Waals surface area contributed by atoms with Crippen molar-refractivity contribution >= 4 is 12.0 Å². The molecule has 0 saturated heterocycles. The number of nitrogens with zero attached hydrogens (tertiary/aromatic N) is 1. The standard InChI is InChI=1S/C12H23FN2O/c1-4-6-11(16)7-5-8-15-12(13)10(2)9-14-3/h8,10,12,14H,4-7,9H2,1-3H3/b15-8-/t10?,12-/m0/s1. The fraction of sp³-hybridized carbons (Fsp3) is 0.833. The summed E-state index contributed by atoms with van der Waals surface area (Å²) in [6.45, 7) is 4.39. The third kappa shape index (κ3) is 7.51. The number of halogens is 1. The molecule has 1 N–H and O–H groups in total. The van der Waals surface area contributed by atoms with Gasteiger partial charge in [0, 0.05) is 31.5 Å². The lowest BCUT2D eigenvalue weighted by Crippen LogP contribution is -2.23. The first-order valence-corrected chi connectivity index (χ1v) is 5.93. The highest BCUT2D eigenvalue weighted by molar-refractivity contribution is 5.80. The third-order valence-corrected chi connectivity index (χ3v) is 2.32. The Morgan fingerprint density at radius 2 is 2.19 bits per heavy atom. The largest absolute Gasteiger partial charge is 0.319 e. The van der Waals surface area contributed by atoms with Crippen LogP contribution in [0.2, 0.25) is 0 Å². The summed E-state index contributed by atoms with van der Waals surface area (Å²) < 4.78 is 13.3. The molecule has 94 valence electrons. The highest BCUT2D eigenvalue weighted by Gasteiger charge is 2.12. The number of Topliss-reactive ketones (excluding diaryl/α,β-unsaturated/α-hetero) is 1. The molecule has 0 radical (unpaired) electrons. The zero-order valence-electron chi connectivity index (χ0n) is 10.5. The molecule has 0 saturated carbocycles. The number of nitrogens with one attached hydrogen (secondary N) is 1. The Labute approximate surface area is 97.5 Å². The molecule has 0 fully saturated rings. The number of ketones is 1. The second-order valence-electron chi connectivity index (χ2n) is 4.07. The second-order valence-corrected chi connectivity index (χ2v) is 4.07. The summed E-state index contributed by atoms with van der Waals surface area (Å²) in [5.41, 5.74) is 0. The van der Waals surface area contributed by atoms with E-state index in [1.807, 2.05) is 6.92 Å². The second kappa shape index (κ2) is 9.46. The van der Waals surface area contributed by atoms with Gasteiger partial charge in [0.2, 0.25) is 0 Å². The number of hydrogen-bond donors (Lipinski definition) is 1. The summed E-state index contributed by atoms with van der Waals surface area (Å²) in [5.74, 6) is 0.0974. The lowest BCUT2D eigenvalue weighted by Gasteiger charge is -2.11. The van der Waals surface area contributed by atoms with E-state index in [2.05, 4.69) is 10.3 Å². The molecule has 16 heavy (non-hydrogen) atoms. The molecule has 3 nitrogen and oxygen atoms in total. The maximum absolute atomic E-state index is 13.3. The fourth-order valence-electron chi connectivity index (χ4n) is 1.37. The predicted molar refractivity (Wildman–Crippen MR) is 65.6 cm³/mol. The van der Waals surface area contributed by atoms with Gasteiger partial charge in [-0.1, -0.05) is 13.8 Å². The van der Waals surface area contributed by atoms with Crippen LogP contribution in [0.4, 0.5) is 4.39 Å². The van der Waals surface area contributed by atoms with E-state index in [0.29, 0.717) is 25.8 Å². The third-order valence-electron chi connectivity index (χ3n) is 2.32. The topological polar surface area (TPSA) is 41.5 Å². The highest BCUT2D eigenvalue weighted by atomic mass is 19.1. The van der Waals surface area contributed by atoms with E-state index in [1.165, 1.54) is 6.21 Å². The zero-order chi connectivity index (χ0) is 12.4. The predicted octanol–water partition coefficient (Wildman–Crippen LogP) is 2.36. The molecule has 0 bridgehead atoms. The number of carbonyl (C=O) groups is 1. The number of aliphatic imine (C=N–C) groups is 1. The maximum atomic E-state index is 13.3. The minimum Gasteiger partial charge on any atom is -0.319 e. The van der Waals surface area contributed by atoms with Gasteiger partial charge in [0.25, 0.3) is 0 Å². The molecule has 2 atom stereocenters. The van der Waals surface area contributed by atoms with Gasteiger partial charge >= 0.3 is 0 Å². The van der Waals surface area contributed by atoms with E-state index < -0.39 is 6.30 Å². The van der Waals surface area contributed by atoms with Crippen molar-refractivity contribution in [2.24, 2.45) is 10.9 Å². The van der Waals surface area contributed by atoms with Crippen LogP contribution in [-0.4, -0.2) is 31.9 Å². The molecule has 0 heterocycles. The van der Waals surface area contributed by atoms with E-state index >= 15 is 0 Å². The minimum absolute atomic E-state index is 0.132. The average Bonchev–Trinajstić information content (AvgIpc) is 2.24. The zero-order valence-corrected chi connectivity index (χ0v) is 10.5. The van der Waals surface area contributed by atoms with Crippen molar-refractivity contribution < 1.29 is 9.18 Å². The molecule has 0 aromatic heterocycles. The van der Waals surface area contributed by atoms with Gasteiger partial charge in [-0.25, -0.2) is 4.39 Å². The summed E-state index contributed by atoms with van der Waals surface area (Å²) in [6, 6.07) is 0. The molecule has 0 aliphatic carbocycles. The first kappa shape index (κ1) is 15.2. The van der Waals surface area contributed by atoms with Crippen molar-refractivity contribution in [1.82, 2.24) is 5.32 Å². The van der Waals surface area contributed by atoms with Gasteiger partial charge in [-0.15, -0.1) is 0 Å². The van der Waals surface area contributed by atoms with E-state index in [9.17, 15) is 9.18 Å². The lowest BCUT2D eigenvalue weighted by atomic mass is 10.1. The summed E-state index contributed by atoms with van der Waals surface area (Å²) in [7, 11) is 1.79. The van der Waals surface area contributed by atoms with E-state index in [1.54, 1.807) is 14.0 Å². The molecule has 0 aromatic rings. The highest BCUT2D eigenvalue weighted by Crippen LogP contribution is 2.07. The minimum atomic E-state index is -1.17. The van der Waals surface area contributed by atoms with Crippen LogP contribution >= 0.6 is 0 Å². The molecule has 4 heteroatoms. The van der Waals surface area contributed by atoms with Gasteiger partial charge in [-0.3, -0.25) is 9.79 Å². The van der Waals surface area contributed by atoms with Gasteiger partial charge in [-0.2, -0.15) is 0 Å². The number of rotatable bonds is 9. The van der Waals surface area contributed by atoms with Crippen LogP contribution in [0.1, 0.15) is 39.5 Å². The van der Waals surface area contributed by atoms with Crippen LogP contribution in [0.15, 0.2) is 4.99 Å². The van der Waals surface area contributed by atoms with Crippen LogP contribution in [0.25, 0.3) is 0 Å². The Hall–Kier alpha value is -0.770. The van der Waals surface area contributed by atoms with Crippen molar-refractivity contribution in [3.8, 4) is 0 Å². The van der Waals surface area contributed by atoms with Crippen molar-refractivity contribution in [3.63, 3.8) is 0 Å². The van der Waals surface area contributed by atoms with Crippen LogP contribution in [0.5, 0.6) is 0 Å².